The van der Waals surface area contributed by atoms with E-state index in [4.69, 9.17) is 9.72 Å². The van der Waals surface area contributed by atoms with Crippen molar-refractivity contribution in [2.24, 2.45) is 5.92 Å². The van der Waals surface area contributed by atoms with E-state index in [-0.39, 0.29) is 0 Å². The summed E-state index contributed by atoms with van der Waals surface area (Å²) in [7, 11) is 0. The maximum Gasteiger partial charge on any atom is 0.223 e. The van der Waals surface area contributed by atoms with Crippen LogP contribution in [0.15, 0.2) is 60.9 Å². The van der Waals surface area contributed by atoms with Gasteiger partial charge in [-0.1, -0.05) is 30.3 Å². The minimum atomic E-state index is 0.364. The van der Waals surface area contributed by atoms with E-state index in [2.05, 4.69) is 73.6 Å². The Labute approximate surface area is 186 Å². The van der Waals surface area contributed by atoms with Crippen molar-refractivity contribution in [1.82, 2.24) is 24.6 Å². The Morgan fingerprint density at radius 1 is 1.03 bits per heavy atom. The molecule has 1 aromatic carbocycles. The van der Waals surface area contributed by atoms with Gasteiger partial charge in [0.1, 0.15) is 5.82 Å². The largest absolute Gasteiger partial charge is 0.381 e. The first-order valence-corrected chi connectivity index (χ1v) is 11.4. The van der Waals surface area contributed by atoms with Gasteiger partial charge in [0, 0.05) is 43.1 Å². The van der Waals surface area contributed by atoms with Gasteiger partial charge < -0.3 is 10.1 Å². The summed E-state index contributed by atoms with van der Waals surface area (Å²) in [6, 6.07) is 17.2. The number of hydrogen-bond donors (Lipinski definition) is 1. The molecule has 2 aliphatic rings. The van der Waals surface area contributed by atoms with Crippen LogP contribution >= 0.6 is 0 Å². The third-order valence-corrected chi connectivity index (χ3v) is 6.54. The summed E-state index contributed by atoms with van der Waals surface area (Å²) < 4.78 is 7.56. The predicted octanol–water partition coefficient (Wildman–Crippen LogP) is 4.12. The summed E-state index contributed by atoms with van der Waals surface area (Å²) in [4.78, 5) is 9.14. The molecule has 7 heteroatoms. The highest BCUT2D eigenvalue weighted by atomic mass is 16.5. The molecule has 2 fully saturated rings. The third kappa shape index (κ3) is 3.96. The number of anilines is 1. The highest BCUT2D eigenvalue weighted by Crippen LogP contribution is 2.48. The van der Waals surface area contributed by atoms with Crippen molar-refractivity contribution in [3.63, 3.8) is 0 Å². The van der Waals surface area contributed by atoms with E-state index in [0.717, 1.165) is 55.2 Å². The smallest absolute Gasteiger partial charge is 0.223 e. The summed E-state index contributed by atoms with van der Waals surface area (Å²) in [5.41, 5.74) is 4.16. The van der Waals surface area contributed by atoms with E-state index >= 15 is 0 Å². The van der Waals surface area contributed by atoms with Crippen LogP contribution in [0.2, 0.25) is 0 Å². The van der Waals surface area contributed by atoms with Gasteiger partial charge in [0.25, 0.3) is 0 Å². The molecule has 4 aromatic rings. The lowest BCUT2D eigenvalue weighted by Crippen LogP contribution is -2.28. The fourth-order valence-electron chi connectivity index (χ4n) is 4.64. The summed E-state index contributed by atoms with van der Waals surface area (Å²) in [5, 5.41) is 12.4. The molecule has 1 aliphatic carbocycles. The first-order chi connectivity index (χ1) is 15.8. The highest BCUT2D eigenvalue weighted by Gasteiger charge is 2.41. The molecule has 1 saturated carbocycles. The van der Waals surface area contributed by atoms with Crippen molar-refractivity contribution < 1.29 is 4.74 Å². The average Bonchev–Trinajstić information content (AvgIpc) is 3.46. The van der Waals surface area contributed by atoms with Gasteiger partial charge in [0.2, 0.25) is 5.95 Å². The van der Waals surface area contributed by atoms with Crippen LogP contribution in [0.1, 0.15) is 36.6 Å². The Kier molecular flexibility index (Phi) is 5.03. The molecule has 1 saturated heterocycles. The zero-order valence-electron chi connectivity index (χ0n) is 17.9. The number of benzene rings is 1. The van der Waals surface area contributed by atoms with Crippen LogP contribution in [-0.2, 0) is 11.2 Å². The molecule has 7 nitrogen and oxygen atoms in total. The Bertz CT molecular complexity index is 1220. The molecule has 0 amide bonds. The van der Waals surface area contributed by atoms with Gasteiger partial charge in [-0.3, -0.25) is 4.40 Å². The molecule has 0 radical (unpaired) electrons. The molecular weight excluding hydrogens is 400 g/mol. The lowest BCUT2D eigenvalue weighted by Gasteiger charge is -2.23. The van der Waals surface area contributed by atoms with Gasteiger partial charge in [-0.05, 0) is 55.4 Å². The van der Waals surface area contributed by atoms with Crippen LogP contribution in [0.4, 0.5) is 5.95 Å². The zero-order valence-corrected chi connectivity index (χ0v) is 17.9. The standard InChI is InChI=1S/C25H26N6O/c1-2-4-17(5-3-1)14-19-15-21(19)24-30-29-23-16-18(7-11-31(23)24)22-6-10-26-25(28-22)27-20-8-12-32-13-9-20/h1-7,10-11,16,19-21H,8-9,12-15H2,(H,26,27,28)/t19-,21?/m0/s1. The second-order valence-corrected chi connectivity index (χ2v) is 8.79. The van der Waals surface area contributed by atoms with Crippen molar-refractivity contribution in [3.05, 3.63) is 72.3 Å². The molecule has 2 atom stereocenters. The molecule has 4 heterocycles. The van der Waals surface area contributed by atoms with Crippen molar-refractivity contribution in [2.75, 3.05) is 18.5 Å². The van der Waals surface area contributed by atoms with Gasteiger partial charge in [0.05, 0.1) is 5.69 Å². The van der Waals surface area contributed by atoms with Crippen LogP contribution in [-0.4, -0.2) is 43.8 Å². The van der Waals surface area contributed by atoms with Crippen molar-refractivity contribution in [3.8, 4) is 11.3 Å². The molecule has 1 N–H and O–H groups in total. The number of aromatic nitrogens is 5. The minimum Gasteiger partial charge on any atom is -0.381 e. The molecule has 6 rings (SSSR count). The van der Waals surface area contributed by atoms with Crippen molar-refractivity contribution >= 4 is 11.6 Å². The van der Waals surface area contributed by atoms with Crippen LogP contribution in [0, 0.1) is 5.92 Å². The summed E-state index contributed by atoms with van der Waals surface area (Å²) in [5.74, 6) is 2.85. The fourth-order valence-corrected chi connectivity index (χ4v) is 4.64. The van der Waals surface area contributed by atoms with Crippen LogP contribution in [0.25, 0.3) is 16.9 Å². The number of pyridine rings is 1. The van der Waals surface area contributed by atoms with Crippen LogP contribution in [0.3, 0.4) is 0 Å². The SMILES string of the molecule is c1ccc(C[C@H]2CC2c2nnc3cc(-c4ccnc(NC5CCOCC5)n4)ccn23)cc1. The van der Waals surface area contributed by atoms with E-state index < -0.39 is 0 Å². The Hall–Kier alpha value is -3.32. The van der Waals surface area contributed by atoms with E-state index in [1.54, 1.807) is 0 Å². The van der Waals surface area contributed by atoms with Crippen molar-refractivity contribution in [2.45, 2.75) is 37.6 Å². The van der Waals surface area contributed by atoms with Crippen LogP contribution < -0.4 is 5.32 Å². The van der Waals surface area contributed by atoms with Gasteiger partial charge in [0.15, 0.2) is 5.65 Å². The second kappa shape index (κ2) is 8.31. The van der Waals surface area contributed by atoms with E-state index in [0.29, 0.717) is 23.8 Å². The molecule has 32 heavy (non-hydrogen) atoms. The number of ether oxygens (including phenoxy) is 1. The van der Waals surface area contributed by atoms with E-state index in [1.807, 2.05) is 12.3 Å². The molecule has 0 bridgehead atoms. The first kappa shape index (κ1) is 19.4. The van der Waals surface area contributed by atoms with Crippen LogP contribution in [0.5, 0.6) is 0 Å². The van der Waals surface area contributed by atoms with E-state index in [9.17, 15) is 0 Å². The number of rotatable bonds is 6. The molecule has 3 aromatic heterocycles. The van der Waals surface area contributed by atoms with Gasteiger partial charge in [-0.15, -0.1) is 10.2 Å². The maximum atomic E-state index is 5.43. The average molecular weight is 427 g/mol. The summed E-state index contributed by atoms with van der Waals surface area (Å²) in [6.07, 6.45) is 8.11. The molecule has 0 spiro atoms. The monoisotopic (exact) mass is 426 g/mol. The quantitative estimate of drug-likeness (QED) is 0.500. The zero-order chi connectivity index (χ0) is 21.3. The van der Waals surface area contributed by atoms with Gasteiger partial charge in [-0.25, -0.2) is 9.97 Å². The molecule has 1 aliphatic heterocycles. The van der Waals surface area contributed by atoms with Gasteiger partial charge >= 0.3 is 0 Å². The van der Waals surface area contributed by atoms with Gasteiger partial charge in [-0.2, -0.15) is 0 Å². The first-order valence-electron chi connectivity index (χ1n) is 11.4. The molecular formula is C25H26N6O. The Balaban J connectivity index is 1.19. The normalized spacial score (nSPS) is 21.0. The third-order valence-electron chi connectivity index (χ3n) is 6.54. The molecule has 162 valence electrons. The van der Waals surface area contributed by atoms with Crippen molar-refractivity contribution in [1.29, 1.82) is 0 Å². The number of fused-ring (bicyclic) bond motifs is 1. The highest BCUT2D eigenvalue weighted by molar-refractivity contribution is 5.64. The van der Waals surface area contributed by atoms with E-state index in [1.165, 1.54) is 12.0 Å². The lowest BCUT2D eigenvalue weighted by molar-refractivity contribution is 0.0903. The fraction of sp³-hybridized carbons (Fsp3) is 0.360. The molecule has 1 unspecified atom stereocenters. The maximum absolute atomic E-state index is 5.43. The second-order valence-electron chi connectivity index (χ2n) is 8.79. The lowest BCUT2D eigenvalue weighted by atomic mass is 10.1. The topological polar surface area (TPSA) is 77.2 Å². The predicted molar refractivity (Wildman–Crippen MR) is 122 cm³/mol. The Morgan fingerprint density at radius 3 is 2.78 bits per heavy atom. The number of hydrogen-bond acceptors (Lipinski definition) is 6. The Morgan fingerprint density at radius 2 is 1.91 bits per heavy atom. The summed E-state index contributed by atoms with van der Waals surface area (Å²) in [6.45, 7) is 1.58. The minimum absolute atomic E-state index is 0.364. The number of nitrogens with zero attached hydrogens (tertiary/aromatic N) is 5. The summed E-state index contributed by atoms with van der Waals surface area (Å²) >= 11 is 0. The number of nitrogens with one attached hydrogen (secondary N) is 1.